The first-order valence-corrected chi connectivity index (χ1v) is 7.08. The quantitative estimate of drug-likeness (QED) is 0.624. The summed E-state index contributed by atoms with van der Waals surface area (Å²) < 4.78 is 4.82. The molecule has 0 N–H and O–H groups in total. The molecule has 0 heterocycles. The second-order valence-electron chi connectivity index (χ2n) is 4.95. The molecule has 0 saturated heterocycles. The zero-order valence-corrected chi connectivity index (χ0v) is 13.0. The minimum Gasteiger partial charge on any atom is -0.464 e. The molecular formula is C19H19NO2. The maximum atomic E-state index is 11.9. The van der Waals surface area contributed by atoms with Gasteiger partial charge in [0.2, 0.25) is 0 Å². The molecule has 2 aromatic carbocycles. The largest absolute Gasteiger partial charge is 0.464 e. The number of hydrogen-bond donors (Lipinski definition) is 0. The van der Waals surface area contributed by atoms with Crippen molar-refractivity contribution < 1.29 is 9.53 Å². The number of hydrogen-bond acceptors (Lipinski definition) is 3. The summed E-state index contributed by atoms with van der Waals surface area (Å²) in [6.45, 7) is 4.01. The van der Waals surface area contributed by atoms with Gasteiger partial charge in [-0.25, -0.2) is 9.79 Å². The predicted molar refractivity (Wildman–Crippen MR) is 90.5 cm³/mol. The van der Waals surface area contributed by atoms with Crippen LogP contribution in [0.1, 0.15) is 16.7 Å². The first-order chi connectivity index (χ1) is 10.6. The van der Waals surface area contributed by atoms with Gasteiger partial charge in [0.25, 0.3) is 0 Å². The minimum absolute atomic E-state index is 0.278. The molecule has 0 amide bonds. The Kier molecular flexibility index (Phi) is 5.26. The summed E-state index contributed by atoms with van der Waals surface area (Å²) in [6, 6.07) is 15.6. The molecule has 3 nitrogen and oxygen atoms in total. The summed E-state index contributed by atoms with van der Waals surface area (Å²) in [5, 5.41) is 0. The average molecular weight is 293 g/mol. The normalized spacial score (nSPS) is 11.7. The third kappa shape index (κ3) is 3.92. The van der Waals surface area contributed by atoms with Gasteiger partial charge in [0.1, 0.15) is 5.71 Å². The van der Waals surface area contributed by atoms with E-state index in [1.165, 1.54) is 7.11 Å². The number of aliphatic imine (C=N–C) groups is 1. The number of rotatable bonds is 4. The summed E-state index contributed by atoms with van der Waals surface area (Å²) in [7, 11) is 1.36. The van der Waals surface area contributed by atoms with Crippen LogP contribution < -0.4 is 0 Å². The Balaban J connectivity index is 2.38. The zero-order chi connectivity index (χ0) is 15.9. The van der Waals surface area contributed by atoms with Crippen LogP contribution in [0.2, 0.25) is 0 Å². The number of benzene rings is 2. The van der Waals surface area contributed by atoms with Crippen molar-refractivity contribution in [2.75, 3.05) is 7.11 Å². The molecule has 0 fully saturated rings. The third-order valence-electron chi connectivity index (χ3n) is 3.44. The van der Waals surface area contributed by atoms with Crippen LogP contribution in [0.25, 0.3) is 6.08 Å². The van der Waals surface area contributed by atoms with E-state index in [1.54, 1.807) is 6.08 Å². The Labute approximate surface area is 131 Å². The van der Waals surface area contributed by atoms with Crippen LogP contribution in [0.3, 0.4) is 0 Å². The first kappa shape index (κ1) is 15.7. The van der Waals surface area contributed by atoms with Crippen molar-refractivity contribution in [2.24, 2.45) is 4.99 Å². The van der Waals surface area contributed by atoms with Gasteiger partial charge in [0, 0.05) is 0 Å². The van der Waals surface area contributed by atoms with Gasteiger partial charge >= 0.3 is 5.97 Å². The molecule has 22 heavy (non-hydrogen) atoms. The Morgan fingerprint density at radius 1 is 1.05 bits per heavy atom. The van der Waals surface area contributed by atoms with Crippen molar-refractivity contribution in [3.8, 4) is 0 Å². The van der Waals surface area contributed by atoms with Crippen molar-refractivity contribution >= 4 is 23.4 Å². The standard InChI is InChI=1S/C19H19NO2/c1-14-8-7-11-17(15(14)2)20-18(19(21)22-3)13-12-16-9-5-4-6-10-16/h4-13H,1-3H3/b13-12+,20-18?. The SMILES string of the molecule is COC(=O)C(/C=C/c1ccccc1)=Nc1cccc(C)c1C. The molecule has 0 aliphatic carbocycles. The second-order valence-corrected chi connectivity index (χ2v) is 4.95. The van der Waals surface area contributed by atoms with Gasteiger partial charge in [-0.1, -0.05) is 48.5 Å². The molecule has 0 spiro atoms. The summed E-state index contributed by atoms with van der Waals surface area (Å²) in [4.78, 5) is 16.4. The van der Waals surface area contributed by atoms with Gasteiger partial charge in [0.15, 0.2) is 0 Å². The molecule has 0 radical (unpaired) electrons. The summed E-state index contributed by atoms with van der Waals surface area (Å²) in [6.07, 6.45) is 3.53. The first-order valence-electron chi connectivity index (χ1n) is 7.08. The lowest BCUT2D eigenvalue weighted by molar-refractivity contribution is -0.132. The van der Waals surface area contributed by atoms with Crippen LogP contribution in [0.5, 0.6) is 0 Å². The van der Waals surface area contributed by atoms with E-state index in [4.69, 9.17) is 4.74 Å². The van der Waals surface area contributed by atoms with Crippen LogP contribution in [-0.2, 0) is 9.53 Å². The number of esters is 1. The second kappa shape index (κ2) is 7.36. The molecule has 0 unspecified atom stereocenters. The lowest BCUT2D eigenvalue weighted by Crippen LogP contribution is -2.13. The van der Waals surface area contributed by atoms with Crippen molar-refractivity contribution in [3.05, 3.63) is 71.3 Å². The highest BCUT2D eigenvalue weighted by atomic mass is 16.5. The van der Waals surface area contributed by atoms with Gasteiger partial charge in [0.05, 0.1) is 12.8 Å². The zero-order valence-electron chi connectivity index (χ0n) is 13.0. The highest BCUT2D eigenvalue weighted by molar-refractivity contribution is 6.42. The third-order valence-corrected chi connectivity index (χ3v) is 3.44. The average Bonchev–Trinajstić information content (AvgIpc) is 2.55. The molecule has 0 atom stereocenters. The summed E-state index contributed by atoms with van der Waals surface area (Å²) >= 11 is 0. The number of carbonyl (C=O) groups excluding carboxylic acids is 1. The van der Waals surface area contributed by atoms with Gasteiger partial charge in [-0.05, 0) is 42.7 Å². The summed E-state index contributed by atoms with van der Waals surface area (Å²) in [5.41, 5.74) is 4.24. The van der Waals surface area contributed by atoms with E-state index >= 15 is 0 Å². The predicted octanol–water partition coefficient (Wildman–Crippen LogP) is 4.26. The van der Waals surface area contributed by atoms with Gasteiger partial charge in [-0.15, -0.1) is 0 Å². The van der Waals surface area contributed by atoms with E-state index in [0.29, 0.717) is 0 Å². The topological polar surface area (TPSA) is 38.7 Å². The smallest absolute Gasteiger partial charge is 0.356 e. The Bertz CT molecular complexity index is 715. The maximum absolute atomic E-state index is 11.9. The molecule has 2 aromatic rings. The molecule has 3 heteroatoms. The summed E-state index contributed by atoms with van der Waals surface area (Å²) in [5.74, 6) is -0.451. The molecular weight excluding hydrogens is 274 g/mol. The van der Waals surface area contributed by atoms with E-state index in [1.807, 2.05) is 68.5 Å². The van der Waals surface area contributed by atoms with Gasteiger partial charge in [-0.3, -0.25) is 0 Å². The van der Waals surface area contributed by atoms with Crippen molar-refractivity contribution in [2.45, 2.75) is 13.8 Å². The van der Waals surface area contributed by atoms with Gasteiger partial charge < -0.3 is 4.74 Å². The molecule has 112 valence electrons. The fourth-order valence-corrected chi connectivity index (χ4v) is 1.98. The van der Waals surface area contributed by atoms with Crippen molar-refractivity contribution in [3.63, 3.8) is 0 Å². The number of nitrogens with zero attached hydrogens (tertiary/aromatic N) is 1. The number of aryl methyl sites for hydroxylation is 1. The fraction of sp³-hybridized carbons (Fsp3) is 0.158. The molecule has 0 aromatic heterocycles. The molecule has 0 aliphatic heterocycles. The Hall–Kier alpha value is -2.68. The van der Waals surface area contributed by atoms with E-state index in [0.717, 1.165) is 22.4 Å². The number of methoxy groups -OCH3 is 1. The molecule has 0 saturated carbocycles. The van der Waals surface area contributed by atoms with Gasteiger partial charge in [-0.2, -0.15) is 0 Å². The highest BCUT2D eigenvalue weighted by Crippen LogP contribution is 2.21. The monoisotopic (exact) mass is 293 g/mol. The van der Waals surface area contributed by atoms with E-state index in [2.05, 4.69) is 4.99 Å². The van der Waals surface area contributed by atoms with Crippen LogP contribution in [-0.4, -0.2) is 18.8 Å². The number of ether oxygens (including phenoxy) is 1. The maximum Gasteiger partial charge on any atom is 0.356 e. The van der Waals surface area contributed by atoms with Crippen LogP contribution in [0.15, 0.2) is 59.6 Å². The lowest BCUT2D eigenvalue weighted by atomic mass is 10.1. The highest BCUT2D eigenvalue weighted by Gasteiger charge is 2.09. The van der Waals surface area contributed by atoms with E-state index < -0.39 is 5.97 Å². The van der Waals surface area contributed by atoms with Crippen LogP contribution >= 0.6 is 0 Å². The Morgan fingerprint density at radius 3 is 2.45 bits per heavy atom. The van der Waals surface area contributed by atoms with Crippen molar-refractivity contribution in [1.82, 2.24) is 0 Å². The molecule has 0 aliphatic rings. The van der Waals surface area contributed by atoms with Crippen LogP contribution in [0, 0.1) is 13.8 Å². The van der Waals surface area contributed by atoms with E-state index in [9.17, 15) is 4.79 Å². The van der Waals surface area contributed by atoms with E-state index in [-0.39, 0.29) is 5.71 Å². The number of carbonyl (C=O) groups is 1. The molecule has 2 rings (SSSR count). The minimum atomic E-state index is -0.451. The molecule has 0 bridgehead atoms. The lowest BCUT2D eigenvalue weighted by Gasteiger charge is -2.05. The van der Waals surface area contributed by atoms with Crippen LogP contribution in [0.4, 0.5) is 5.69 Å². The van der Waals surface area contributed by atoms with Crippen molar-refractivity contribution in [1.29, 1.82) is 0 Å². The fourth-order valence-electron chi connectivity index (χ4n) is 1.98. The Morgan fingerprint density at radius 2 is 1.77 bits per heavy atom.